The molecule has 23 heavy (non-hydrogen) atoms. The second-order valence-electron chi connectivity index (χ2n) is 6.05. The molecule has 0 amide bonds. The average molecular weight is 341 g/mol. The SMILES string of the molecule is CCCN1CCC(CNc2ccc([N+](=O)[O-])cc2S(C)(=O)=O)C1. The van der Waals surface area contributed by atoms with Gasteiger partial charge in [0.2, 0.25) is 0 Å². The number of benzene rings is 1. The number of non-ortho nitro benzene ring substituents is 1. The van der Waals surface area contributed by atoms with Crippen molar-refractivity contribution in [3.8, 4) is 0 Å². The highest BCUT2D eigenvalue weighted by molar-refractivity contribution is 7.90. The van der Waals surface area contributed by atoms with Gasteiger partial charge in [0.25, 0.3) is 5.69 Å². The highest BCUT2D eigenvalue weighted by atomic mass is 32.2. The first-order chi connectivity index (χ1) is 10.8. The Bertz CT molecular complexity index is 675. The summed E-state index contributed by atoms with van der Waals surface area (Å²) in [5.74, 6) is 0.462. The molecule has 128 valence electrons. The normalized spacial score (nSPS) is 19.0. The molecule has 1 aliphatic heterocycles. The van der Waals surface area contributed by atoms with Gasteiger partial charge in [-0.15, -0.1) is 0 Å². The lowest BCUT2D eigenvalue weighted by atomic mass is 10.1. The molecule has 1 saturated heterocycles. The molecule has 1 heterocycles. The third-order valence-corrected chi connectivity index (χ3v) is 5.20. The van der Waals surface area contributed by atoms with Crippen LogP contribution in [0.15, 0.2) is 23.1 Å². The fourth-order valence-corrected chi connectivity index (χ4v) is 3.81. The number of nitrogens with zero attached hydrogens (tertiary/aromatic N) is 2. The zero-order valence-corrected chi connectivity index (χ0v) is 14.3. The number of nitro benzene ring substituents is 1. The summed E-state index contributed by atoms with van der Waals surface area (Å²) in [7, 11) is -3.53. The molecule has 0 spiro atoms. The molecule has 7 nitrogen and oxygen atoms in total. The fraction of sp³-hybridized carbons (Fsp3) is 0.600. The van der Waals surface area contributed by atoms with Gasteiger partial charge in [-0.2, -0.15) is 0 Å². The van der Waals surface area contributed by atoms with E-state index in [4.69, 9.17) is 0 Å². The Morgan fingerprint density at radius 2 is 2.17 bits per heavy atom. The second kappa shape index (κ2) is 7.27. The quantitative estimate of drug-likeness (QED) is 0.603. The lowest BCUT2D eigenvalue weighted by molar-refractivity contribution is -0.385. The summed E-state index contributed by atoms with van der Waals surface area (Å²) in [6.45, 7) is 5.98. The van der Waals surface area contributed by atoms with Crippen LogP contribution < -0.4 is 5.32 Å². The molecule has 0 aliphatic carbocycles. The van der Waals surface area contributed by atoms with Gasteiger partial charge in [0.15, 0.2) is 9.84 Å². The van der Waals surface area contributed by atoms with Crippen molar-refractivity contribution >= 4 is 21.2 Å². The zero-order chi connectivity index (χ0) is 17.0. The molecule has 0 radical (unpaired) electrons. The highest BCUT2D eigenvalue weighted by Gasteiger charge is 2.23. The van der Waals surface area contributed by atoms with Crippen molar-refractivity contribution in [2.24, 2.45) is 5.92 Å². The van der Waals surface area contributed by atoms with E-state index >= 15 is 0 Å². The van der Waals surface area contributed by atoms with Gasteiger partial charge in [-0.05, 0) is 37.9 Å². The van der Waals surface area contributed by atoms with Crippen LogP contribution in [0.2, 0.25) is 0 Å². The predicted octanol–water partition coefficient (Wildman–Crippen LogP) is 2.14. The highest BCUT2D eigenvalue weighted by Crippen LogP contribution is 2.27. The fourth-order valence-electron chi connectivity index (χ4n) is 2.93. The molecule has 8 heteroatoms. The predicted molar refractivity (Wildman–Crippen MR) is 89.5 cm³/mol. The molecule has 1 atom stereocenters. The number of likely N-dealkylation sites (tertiary alicyclic amines) is 1. The Labute approximate surface area is 136 Å². The van der Waals surface area contributed by atoms with E-state index in [9.17, 15) is 18.5 Å². The van der Waals surface area contributed by atoms with Crippen LogP contribution in [0.3, 0.4) is 0 Å². The minimum absolute atomic E-state index is 0.0184. The molecule has 1 aromatic rings. The van der Waals surface area contributed by atoms with E-state index in [1.165, 1.54) is 12.1 Å². The number of hydrogen-bond donors (Lipinski definition) is 1. The summed E-state index contributed by atoms with van der Waals surface area (Å²) in [4.78, 5) is 12.6. The van der Waals surface area contributed by atoms with Gasteiger partial charge in [0.05, 0.1) is 15.5 Å². The van der Waals surface area contributed by atoms with Crippen molar-refractivity contribution in [2.45, 2.75) is 24.7 Å². The molecule has 0 saturated carbocycles. The number of rotatable bonds is 7. The number of sulfone groups is 1. The van der Waals surface area contributed by atoms with E-state index in [2.05, 4.69) is 17.1 Å². The molecule has 1 N–H and O–H groups in total. The van der Waals surface area contributed by atoms with E-state index in [0.717, 1.165) is 44.8 Å². The maximum atomic E-state index is 11.9. The summed E-state index contributed by atoms with van der Waals surface area (Å²) in [5.41, 5.74) is 0.220. The summed E-state index contributed by atoms with van der Waals surface area (Å²) in [6.07, 6.45) is 3.27. The van der Waals surface area contributed by atoms with E-state index in [1.54, 1.807) is 0 Å². The smallest absolute Gasteiger partial charge is 0.270 e. The number of nitrogens with one attached hydrogen (secondary N) is 1. The maximum Gasteiger partial charge on any atom is 0.270 e. The van der Waals surface area contributed by atoms with Crippen molar-refractivity contribution in [3.05, 3.63) is 28.3 Å². The van der Waals surface area contributed by atoms with Gasteiger partial charge >= 0.3 is 0 Å². The summed E-state index contributed by atoms with van der Waals surface area (Å²) >= 11 is 0. The third kappa shape index (κ3) is 4.65. The van der Waals surface area contributed by atoms with Crippen molar-refractivity contribution in [1.82, 2.24) is 4.90 Å². The Hall–Kier alpha value is -1.67. The van der Waals surface area contributed by atoms with E-state index in [0.29, 0.717) is 18.2 Å². The first-order valence-corrected chi connectivity index (χ1v) is 9.65. The van der Waals surface area contributed by atoms with Gasteiger partial charge in [-0.25, -0.2) is 8.42 Å². The van der Waals surface area contributed by atoms with Crippen LogP contribution in [-0.4, -0.2) is 50.7 Å². The van der Waals surface area contributed by atoms with Crippen LogP contribution >= 0.6 is 0 Å². The summed E-state index contributed by atoms with van der Waals surface area (Å²) in [6, 6.07) is 3.93. The first kappa shape index (κ1) is 17.7. The van der Waals surface area contributed by atoms with Gasteiger partial charge in [0, 0.05) is 31.5 Å². The Kier molecular flexibility index (Phi) is 5.59. The number of anilines is 1. The van der Waals surface area contributed by atoms with E-state index in [1.807, 2.05) is 0 Å². The largest absolute Gasteiger partial charge is 0.384 e. The van der Waals surface area contributed by atoms with Gasteiger partial charge in [-0.1, -0.05) is 6.92 Å². The van der Waals surface area contributed by atoms with Crippen LogP contribution in [0.4, 0.5) is 11.4 Å². The lowest BCUT2D eigenvalue weighted by Crippen LogP contribution is -2.23. The van der Waals surface area contributed by atoms with E-state index in [-0.39, 0.29) is 10.6 Å². The Morgan fingerprint density at radius 3 is 2.78 bits per heavy atom. The van der Waals surface area contributed by atoms with Crippen molar-refractivity contribution in [2.75, 3.05) is 37.8 Å². The van der Waals surface area contributed by atoms with Gasteiger partial charge in [0.1, 0.15) is 0 Å². The third-order valence-electron chi connectivity index (χ3n) is 4.07. The average Bonchev–Trinajstić information content (AvgIpc) is 2.92. The van der Waals surface area contributed by atoms with Crippen molar-refractivity contribution in [3.63, 3.8) is 0 Å². The van der Waals surface area contributed by atoms with Crippen LogP contribution in [0.1, 0.15) is 19.8 Å². The number of nitro groups is 1. The van der Waals surface area contributed by atoms with Crippen LogP contribution in [0, 0.1) is 16.0 Å². The minimum Gasteiger partial charge on any atom is -0.384 e. The Balaban J connectivity index is 2.09. The summed E-state index contributed by atoms with van der Waals surface area (Å²) in [5, 5.41) is 14.0. The summed E-state index contributed by atoms with van der Waals surface area (Å²) < 4.78 is 23.8. The van der Waals surface area contributed by atoms with Crippen LogP contribution in [-0.2, 0) is 9.84 Å². The van der Waals surface area contributed by atoms with Gasteiger partial charge in [-0.3, -0.25) is 10.1 Å². The van der Waals surface area contributed by atoms with Crippen LogP contribution in [0.25, 0.3) is 0 Å². The second-order valence-corrected chi connectivity index (χ2v) is 8.03. The number of hydrogen-bond acceptors (Lipinski definition) is 6. The minimum atomic E-state index is -3.53. The van der Waals surface area contributed by atoms with E-state index < -0.39 is 14.8 Å². The van der Waals surface area contributed by atoms with Crippen LogP contribution in [0.5, 0.6) is 0 Å². The monoisotopic (exact) mass is 341 g/mol. The maximum absolute atomic E-state index is 11.9. The Morgan fingerprint density at radius 1 is 1.43 bits per heavy atom. The molecule has 0 bridgehead atoms. The van der Waals surface area contributed by atoms with Crippen molar-refractivity contribution in [1.29, 1.82) is 0 Å². The van der Waals surface area contributed by atoms with Gasteiger partial charge < -0.3 is 10.2 Å². The molecular weight excluding hydrogens is 318 g/mol. The first-order valence-electron chi connectivity index (χ1n) is 7.76. The standard InChI is InChI=1S/C15H23N3O4S/c1-3-7-17-8-6-12(11-17)10-16-14-5-4-13(18(19)20)9-15(14)23(2,21)22/h4-5,9,12,16H,3,6-8,10-11H2,1-2H3. The molecular formula is C15H23N3O4S. The lowest BCUT2D eigenvalue weighted by Gasteiger charge is -2.16. The zero-order valence-electron chi connectivity index (χ0n) is 13.5. The molecule has 2 rings (SSSR count). The van der Waals surface area contributed by atoms with Crippen molar-refractivity contribution < 1.29 is 13.3 Å². The molecule has 0 aromatic heterocycles. The molecule has 1 unspecified atom stereocenters. The molecule has 1 fully saturated rings. The molecule has 1 aromatic carbocycles. The topological polar surface area (TPSA) is 92.5 Å². The molecule has 1 aliphatic rings.